The molecule has 8 heteroatoms. The second-order valence-electron chi connectivity index (χ2n) is 6.25. The molecule has 2 N–H and O–H groups in total. The molecule has 0 aliphatic rings. The van der Waals surface area contributed by atoms with Crippen molar-refractivity contribution in [1.29, 1.82) is 0 Å². The fraction of sp³-hybridized carbons (Fsp3) is 0.0952. The van der Waals surface area contributed by atoms with E-state index in [2.05, 4.69) is 10.0 Å². The molecule has 6 nitrogen and oxygen atoms in total. The van der Waals surface area contributed by atoms with Crippen LogP contribution in [-0.2, 0) is 10.0 Å². The third kappa shape index (κ3) is 4.88. The van der Waals surface area contributed by atoms with E-state index in [1.54, 1.807) is 30.3 Å². The molecule has 29 heavy (non-hydrogen) atoms. The average molecular weight is 431 g/mol. The first-order valence-corrected chi connectivity index (χ1v) is 10.5. The van der Waals surface area contributed by atoms with Gasteiger partial charge in [-0.25, -0.2) is 8.42 Å². The number of methoxy groups -OCH3 is 1. The SMILES string of the molecule is COc1ccc(NC(=O)c2cccc(S(=O)(=O)Nc3ccccc3C)c2)cc1Cl. The summed E-state index contributed by atoms with van der Waals surface area (Å²) in [6.07, 6.45) is 0. The van der Waals surface area contributed by atoms with Gasteiger partial charge < -0.3 is 10.1 Å². The zero-order valence-corrected chi connectivity index (χ0v) is 17.3. The molecule has 150 valence electrons. The quantitative estimate of drug-likeness (QED) is 0.593. The lowest BCUT2D eigenvalue weighted by atomic mass is 10.2. The minimum absolute atomic E-state index is 0.0128. The van der Waals surface area contributed by atoms with Crippen molar-refractivity contribution in [2.75, 3.05) is 17.1 Å². The molecule has 3 aromatic rings. The first-order valence-electron chi connectivity index (χ1n) is 8.63. The molecule has 0 bridgehead atoms. The normalized spacial score (nSPS) is 11.0. The number of para-hydroxylation sites is 1. The minimum Gasteiger partial charge on any atom is -0.495 e. The van der Waals surface area contributed by atoms with Crippen molar-refractivity contribution in [3.8, 4) is 5.75 Å². The molecule has 0 unspecified atom stereocenters. The molecule has 0 radical (unpaired) electrons. The molecule has 1 amide bonds. The molecule has 0 aliphatic heterocycles. The van der Waals surface area contributed by atoms with Crippen molar-refractivity contribution in [1.82, 2.24) is 0 Å². The highest BCUT2D eigenvalue weighted by Crippen LogP contribution is 2.27. The van der Waals surface area contributed by atoms with Crippen LogP contribution in [0.2, 0.25) is 5.02 Å². The lowest BCUT2D eigenvalue weighted by Gasteiger charge is -2.12. The topological polar surface area (TPSA) is 84.5 Å². The van der Waals surface area contributed by atoms with E-state index in [0.29, 0.717) is 22.1 Å². The Labute approximate surface area is 174 Å². The number of sulfonamides is 1. The van der Waals surface area contributed by atoms with Gasteiger partial charge >= 0.3 is 0 Å². The van der Waals surface area contributed by atoms with Crippen LogP contribution in [0.25, 0.3) is 0 Å². The van der Waals surface area contributed by atoms with Crippen molar-refractivity contribution < 1.29 is 17.9 Å². The van der Waals surface area contributed by atoms with Crippen LogP contribution in [0.1, 0.15) is 15.9 Å². The van der Waals surface area contributed by atoms with Gasteiger partial charge in [-0.2, -0.15) is 0 Å². The summed E-state index contributed by atoms with van der Waals surface area (Å²) in [6.45, 7) is 1.81. The van der Waals surface area contributed by atoms with E-state index in [9.17, 15) is 13.2 Å². The predicted molar refractivity (Wildman–Crippen MR) is 114 cm³/mol. The lowest BCUT2D eigenvalue weighted by molar-refractivity contribution is 0.102. The maximum Gasteiger partial charge on any atom is 0.261 e. The number of ether oxygens (including phenoxy) is 1. The van der Waals surface area contributed by atoms with Crippen LogP contribution >= 0.6 is 11.6 Å². The number of benzene rings is 3. The third-order valence-electron chi connectivity index (χ3n) is 4.21. The van der Waals surface area contributed by atoms with Crippen molar-refractivity contribution >= 4 is 38.9 Å². The van der Waals surface area contributed by atoms with Crippen LogP contribution in [0.15, 0.2) is 71.6 Å². The van der Waals surface area contributed by atoms with Crippen LogP contribution in [-0.4, -0.2) is 21.4 Å². The molecule has 0 spiro atoms. The monoisotopic (exact) mass is 430 g/mol. The van der Waals surface area contributed by atoms with Gasteiger partial charge in [-0.1, -0.05) is 35.9 Å². The number of anilines is 2. The van der Waals surface area contributed by atoms with E-state index in [4.69, 9.17) is 16.3 Å². The predicted octanol–water partition coefficient (Wildman–Crippen LogP) is 4.71. The summed E-state index contributed by atoms with van der Waals surface area (Å²) in [5.41, 5.74) is 1.94. The minimum atomic E-state index is -3.85. The van der Waals surface area contributed by atoms with Crippen LogP contribution in [0.5, 0.6) is 5.75 Å². The number of aryl methyl sites for hydroxylation is 1. The first kappa shape index (κ1) is 20.7. The summed E-state index contributed by atoms with van der Waals surface area (Å²) in [5.74, 6) is 0.0270. The Bertz CT molecular complexity index is 1160. The fourth-order valence-electron chi connectivity index (χ4n) is 2.64. The van der Waals surface area contributed by atoms with Gasteiger partial charge in [0.2, 0.25) is 0 Å². The van der Waals surface area contributed by atoms with Gasteiger partial charge in [0.05, 0.1) is 22.7 Å². The Morgan fingerprint density at radius 3 is 2.45 bits per heavy atom. The summed E-state index contributed by atoms with van der Waals surface area (Å²) in [4.78, 5) is 12.6. The largest absolute Gasteiger partial charge is 0.495 e. The number of carbonyl (C=O) groups is 1. The number of nitrogens with one attached hydrogen (secondary N) is 2. The molecule has 0 atom stereocenters. The van der Waals surface area contributed by atoms with E-state index in [-0.39, 0.29) is 10.5 Å². The molecular weight excluding hydrogens is 412 g/mol. The van der Waals surface area contributed by atoms with Gasteiger partial charge in [0.1, 0.15) is 5.75 Å². The highest BCUT2D eigenvalue weighted by molar-refractivity contribution is 7.92. The summed E-state index contributed by atoms with van der Waals surface area (Å²) in [6, 6.07) is 17.7. The Morgan fingerprint density at radius 2 is 1.76 bits per heavy atom. The van der Waals surface area contributed by atoms with Crippen LogP contribution in [0, 0.1) is 6.92 Å². The summed E-state index contributed by atoms with van der Waals surface area (Å²) in [7, 11) is -2.35. The number of hydrogen-bond donors (Lipinski definition) is 2. The summed E-state index contributed by atoms with van der Waals surface area (Å²) < 4.78 is 33.1. The molecule has 3 aromatic carbocycles. The van der Waals surface area contributed by atoms with Gasteiger partial charge in [-0.3, -0.25) is 9.52 Å². The molecule has 0 heterocycles. The maximum absolute atomic E-state index is 12.7. The van der Waals surface area contributed by atoms with E-state index in [0.717, 1.165) is 5.56 Å². The third-order valence-corrected chi connectivity index (χ3v) is 5.86. The summed E-state index contributed by atoms with van der Waals surface area (Å²) >= 11 is 6.07. The first-order chi connectivity index (χ1) is 13.8. The molecule has 0 saturated heterocycles. The van der Waals surface area contributed by atoms with Gasteiger partial charge in [0.15, 0.2) is 0 Å². The highest BCUT2D eigenvalue weighted by atomic mass is 35.5. The smallest absolute Gasteiger partial charge is 0.261 e. The lowest BCUT2D eigenvalue weighted by Crippen LogP contribution is -2.16. The van der Waals surface area contributed by atoms with Gasteiger partial charge in [-0.15, -0.1) is 0 Å². The molecular formula is C21H19ClN2O4S. The number of rotatable bonds is 6. The van der Waals surface area contributed by atoms with Crippen LogP contribution < -0.4 is 14.8 Å². The standard InChI is InChI=1S/C21H19ClN2O4S/c1-14-6-3-4-9-19(14)24-29(26,27)17-8-5-7-15(12-17)21(25)23-16-10-11-20(28-2)18(22)13-16/h3-13,24H,1-2H3,(H,23,25). The van der Waals surface area contributed by atoms with Crippen LogP contribution in [0.4, 0.5) is 11.4 Å². The molecule has 0 aromatic heterocycles. The second kappa shape index (κ2) is 8.55. The number of carbonyl (C=O) groups excluding carboxylic acids is 1. The average Bonchev–Trinajstić information content (AvgIpc) is 2.70. The second-order valence-corrected chi connectivity index (χ2v) is 8.34. The Morgan fingerprint density at radius 1 is 1.00 bits per heavy atom. The molecule has 3 rings (SSSR count). The maximum atomic E-state index is 12.7. The van der Waals surface area contributed by atoms with Crippen molar-refractivity contribution in [3.05, 3.63) is 82.9 Å². The Balaban J connectivity index is 1.82. The zero-order valence-electron chi connectivity index (χ0n) is 15.8. The number of halogens is 1. The molecule has 0 saturated carbocycles. The van der Waals surface area contributed by atoms with E-state index in [1.165, 1.54) is 31.4 Å². The summed E-state index contributed by atoms with van der Waals surface area (Å²) in [5, 5.41) is 3.04. The zero-order chi connectivity index (χ0) is 21.0. The van der Waals surface area contributed by atoms with Gasteiger partial charge in [0, 0.05) is 11.3 Å². The number of amides is 1. The van der Waals surface area contributed by atoms with Crippen LogP contribution in [0.3, 0.4) is 0 Å². The number of hydrogen-bond acceptors (Lipinski definition) is 4. The molecule has 0 aliphatic carbocycles. The van der Waals surface area contributed by atoms with E-state index >= 15 is 0 Å². The van der Waals surface area contributed by atoms with Crippen molar-refractivity contribution in [2.45, 2.75) is 11.8 Å². The fourth-order valence-corrected chi connectivity index (χ4v) is 4.08. The van der Waals surface area contributed by atoms with E-state index in [1.807, 2.05) is 19.1 Å². The van der Waals surface area contributed by atoms with Gasteiger partial charge in [-0.05, 0) is 55.0 Å². The van der Waals surface area contributed by atoms with Crippen molar-refractivity contribution in [2.24, 2.45) is 0 Å². The Hall–Kier alpha value is -3.03. The van der Waals surface area contributed by atoms with Gasteiger partial charge in [0.25, 0.3) is 15.9 Å². The van der Waals surface area contributed by atoms with Crippen molar-refractivity contribution in [3.63, 3.8) is 0 Å². The molecule has 0 fully saturated rings. The Kier molecular flexibility index (Phi) is 6.10. The highest BCUT2D eigenvalue weighted by Gasteiger charge is 2.17. The van der Waals surface area contributed by atoms with E-state index < -0.39 is 15.9 Å².